The minimum atomic E-state index is -0.767. The second-order valence-electron chi connectivity index (χ2n) is 5.26. The van der Waals surface area contributed by atoms with Gasteiger partial charge in [0.25, 0.3) is 0 Å². The van der Waals surface area contributed by atoms with Crippen LogP contribution in [-0.2, 0) is 19.7 Å². The number of piperidine rings is 1. The van der Waals surface area contributed by atoms with Gasteiger partial charge in [0, 0.05) is 12.1 Å². The molecule has 0 radical (unpaired) electrons. The van der Waals surface area contributed by atoms with Gasteiger partial charge in [-0.2, -0.15) is 0 Å². The number of hydrogen-bond donors (Lipinski definition) is 0. The fourth-order valence-electron chi connectivity index (χ4n) is 3.72. The number of rotatable bonds is 1. The largest absolute Gasteiger partial charge is 0.468 e. The van der Waals surface area contributed by atoms with E-state index in [0.717, 1.165) is 17.7 Å². The number of anilines is 1. The third-order valence-electron chi connectivity index (χ3n) is 4.48. The van der Waals surface area contributed by atoms with Crippen LogP contribution in [0, 0.1) is 0 Å². The quantitative estimate of drug-likeness (QED) is 0.565. The fourth-order valence-corrected chi connectivity index (χ4v) is 3.72. The minimum Gasteiger partial charge on any atom is -0.468 e. The van der Waals surface area contributed by atoms with Crippen LogP contribution in [0.5, 0.6) is 0 Å². The highest BCUT2D eigenvalue weighted by molar-refractivity contribution is 6.07. The van der Waals surface area contributed by atoms with Gasteiger partial charge in [0.1, 0.15) is 5.41 Å². The molecular formula is C15H13NO3. The second-order valence-corrected chi connectivity index (χ2v) is 5.26. The fraction of sp³-hybridized carbons (Fsp3) is 0.333. The second kappa shape index (κ2) is 3.26. The molecule has 2 atom stereocenters. The van der Waals surface area contributed by atoms with E-state index in [-0.39, 0.29) is 17.9 Å². The molecule has 0 spiro atoms. The monoisotopic (exact) mass is 255 g/mol. The first-order valence-electron chi connectivity index (χ1n) is 6.42. The molecule has 4 rings (SSSR count). The summed E-state index contributed by atoms with van der Waals surface area (Å²) >= 11 is 0. The van der Waals surface area contributed by atoms with Crippen LogP contribution in [-0.4, -0.2) is 25.0 Å². The van der Waals surface area contributed by atoms with Gasteiger partial charge in [-0.25, -0.2) is 0 Å². The Labute approximate surface area is 110 Å². The first-order valence-corrected chi connectivity index (χ1v) is 6.42. The van der Waals surface area contributed by atoms with E-state index in [1.165, 1.54) is 12.7 Å². The summed E-state index contributed by atoms with van der Waals surface area (Å²) in [5, 5.41) is 0. The van der Waals surface area contributed by atoms with Gasteiger partial charge in [-0.05, 0) is 23.6 Å². The highest BCUT2D eigenvalue weighted by Gasteiger charge is 2.64. The van der Waals surface area contributed by atoms with Gasteiger partial charge in [0.2, 0.25) is 5.91 Å². The van der Waals surface area contributed by atoms with Crippen molar-refractivity contribution in [3.8, 4) is 0 Å². The zero-order valence-corrected chi connectivity index (χ0v) is 10.6. The predicted octanol–water partition coefficient (Wildman–Crippen LogP) is 1.55. The number of nitrogens with zero attached hydrogens (tertiary/aromatic N) is 1. The topological polar surface area (TPSA) is 46.6 Å². The number of benzene rings is 1. The zero-order valence-electron chi connectivity index (χ0n) is 10.6. The molecule has 1 amide bonds. The number of para-hydroxylation sites is 1. The molecule has 1 saturated heterocycles. The maximum Gasteiger partial charge on any atom is 0.322 e. The SMILES string of the molecule is COC(=O)[C@@]12C=C3CCC(=O)N(c4ccccc41)[C@H]32. The molecule has 0 aromatic heterocycles. The molecule has 2 heterocycles. The van der Waals surface area contributed by atoms with Gasteiger partial charge in [-0.1, -0.05) is 24.3 Å². The summed E-state index contributed by atoms with van der Waals surface area (Å²) in [6.07, 6.45) is 3.27. The van der Waals surface area contributed by atoms with E-state index in [4.69, 9.17) is 4.74 Å². The smallest absolute Gasteiger partial charge is 0.322 e. The number of carbonyl (C=O) groups excluding carboxylic acids is 2. The van der Waals surface area contributed by atoms with E-state index in [2.05, 4.69) is 0 Å². The van der Waals surface area contributed by atoms with Crippen LogP contribution in [0.4, 0.5) is 5.69 Å². The van der Waals surface area contributed by atoms with E-state index < -0.39 is 5.41 Å². The molecular weight excluding hydrogens is 242 g/mol. The number of hydrogen-bond acceptors (Lipinski definition) is 3. The number of fused-ring (bicyclic) bond motifs is 3. The molecule has 96 valence electrons. The molecule has 1 fully saturated rings. The highest BCUT2D eigenvalue weighted by atomic mass is 16.5. The van der Waals surface area contributed by atoms with Crippen LogP contribution in [0.3, 0.4) is 0 Å². The van der Waals surface area contributed by atoms with Crippen LogP contribution < -0.4 is 4.90 Å². The Balaban J connectivity index is 2.00. The van der Waals surface area contributed by atoms with Gasteiger partial charge < -0.3 is 9.64 Å². The van der Waals surface area contributed by atoms with Gasteiger partial charge in [0.05, 0.1) is 13.2 Å². The van der Waals surface area contributed by atoms with Gasteiger partial charge in [-0.15, -0.1) is 0 Å². The van der Waals surface area contributed by atoms with Crippen LogP contribution >= 0.6 is 0 Å². The van der Waals surface area contributed by atoms with Crippen molar-refractivity contribution in [2.75, 3.05) is 12.0 Å². The molecule has 0 saturated carbocycles. The van der Waals surface area contributed by atoms with Gasteiger partial charge in [0.15, 0.2) is 0 Å². The Morgan fingerprint density at radius 2 is 2.16 bits per heavy atom. The minimum absolute atomic E-state index is 0.0973. The Kier molecular flexibility index (Phi) is 1.85. The third kappa shape index (κ3) is 1.02. The normalized spacial score (nSPS) is 30.2. The molecule has 1 aromatic rings. The van der Waals surface area contributed by atoms with Crippen LogP contribution in [0.15, 0.2) is 35.9 Å². The van der Waals surface area contributed by atoms with Crippen molar-refractivity contribution in [1.29, 1.82) is 0 Å². The molecule has 0 bridgehead atoms. The standard InChI is InChI=1S/C15H13NO3/c1-19-14(18)15-8-9-6-7-12(17)16(13(9)15)11-5-3-2-4-10(11)15/h2-5,8,13H,6-7H2,1H3/t13-,15+/m1/s1. The molecule has 0 unspecified atom stereocenters. The summed E-state index contributed by atoms with van der Waals surface area (Å²) in [4.78, 5) is 26.3. The van der Waals surface area contributed by atoms with E-state index in [0.29, 0.717) is 6.42 Å². The van der Waals surface area contributed by atoms with Gasteiger partial charge >= 0.3 is 5.97 Å². The first kappa shape index (κ1) is 10.8. The average Bonchev–Trinajstić information content (AvgIpc) is 2.68. The summed E-state index contributed by atoms with van der Waals surface area (Å²) in [5.74, 6) is -0.175. The first-order chi connectivity index (χ1) is 9.20. The zero-order chi connectivity index (χ0) is 13.2. The molecule has 4 heteroatoms. The van der Waals surface area contributed by atoms with Gasteiger partial charge in [-0.3, -0.25) is 9.59 Å². The Bertz CT molecular complexity index is 649. The molecule has 0 N–H and O–H groups in total. The molecule has 19 heavy (non-hydrogen) atoms. The van der Waals surface area contributed by atoms with E-state index in [9.17, 15) is 9.59 Å². The van der Waals surface area contributed by atoms with Crippen molar-refractivity contribution in [3.63, 3.8) is 0 Å². The Morgan fingerprint density at radius 3 is 2.95 bits per heavy atom. The number of amides is 1. The van der Waals surface area contributed by atoms with Crippen molar-refractivity contribution < 1.29 is 14.3 Å². The van der Waals surface area contributed by atoms with E-state index in [1.54, 1.807) is 4.90 Å². The Hall–Kier alpha value is -2.10. The molecule has 3 aliphatic rings. The number of carbonyl (C=O) groups is 2. The molecule has 4 nitrogen and oxygen atoms in total. The lowest BCUT2D eigenvalue weighted by Crippen LogP contribution is -2.60. The van der Waals surface area contributed by atoms with E-state index >= 15 is 0 Å². The summed E-state index contributed by atoms with van der Waals surface area (Å²) in [6, 6.07) is 7.48. The maximum absolute atomic E-state index is 12.3. The summed E-state index contributed by atoms with van der Waals surface area (Å²) < 4.78 is 4.99. The summed E-state index contributed by atoms with van der Waals surface area (Å²) in [7, 11) is 1.40. The van der Waals surface area contributed by atoms with Crippen molar-refractivity contribution in [1.82, 2.24) is 0 Å². The van der Waals surface area contributed by atoms with Crippen LogP contribution in [0.25, 0.3) is 0 Å². The van der Waals surface area contributed by atoms with Crippen LogP contribution in [0.2, 0.25) is 0 Å². The van der Waals surface area contributed by atoms with Crippen molar-refractivity contribution >= 4 is 17.6 Å². The van der Waals surface area contributed by atoms with Crippen molar-refractivity contribution in [3.05, 3.63) is 41.5 Å². The van der Waals surface area contributed by atoms with Crippen molar-refractivity contribution in [2.24, 2.45) is 0 Å². The molecule has 2 aliphatic heterocycles. The number of methoxy groups -OCH3 is 1. The predicted molar refractivity (Wildman–Crippen MR) is 68.7 cm³/mol. The maximum atomic E-state index is 12.3. The highest BCUT2D eigenvalue weighted by Crippen LogP contribution is 2.58. The molecule has 1 aromatic carbocycles. The summed E-state index contributed by atoms with van der Waals surface area (Å²) in [5.41, 5.74) is 2.16. The lowest BCUT2D eigenvalue weighted by Gasteiger charge is -2.46. The van der Waals surface area contributed by atoms with Crippen LogP contribution in [0.1, 0.15) is 18.4 Å². The number of esters is 1. The summed E-state index contributed by atoms with van der Waals surface area (Å²) in [6.45, 7) is 0. The Morgan fingerprint density at radius 1 is 1.37 bits per heavy atom. The lowest BCUT2D eigenvalue weighted by molar-refractivity contribution is -0.146. The third-order valence-corrected chi connectivity index (χ3v) is 4.48. The number of ether oxygens (including phenoxy) is 1. The lowest BCUT2D eigenvalue weighted by atomic mass is 9.62. The van der Waals surface area contributed by atoms with E-state index in [1.807, 2.05) is 30.3 Å². The average molecular weight is 255 g/mol. The van der Waals surface area contributed by atoms with Crippen molar-refractivity contribution in [2.45, 2.75) is 24.3 Å². The molecule has 1 aliphatic carbocycles.